The Balaban J connectivity index is 1.67. The molecule has 0 radical (unpaired) electrons. The number of nitrogens with zero attached hydrogens (tertiary/aromatic N) is 1. The number of morpholine rings is 1. The summed E-state index contributed by atoms with van der Waals surface area (Å²) in [5, 5.41) is 3.37. The molecule has 0 atom stereocenters. The fraction of sp³-hybridized carbons (Fsp3) is 0.348. The van der Waals surface area contributed by atoms with Crippen LogP contribution in [0.1, 0.15) is 23.5 Å². The molecule has 2 heterocycles. The Labute approximate surface area is 184 Å². The minimum absolute atomic E-state index is 0.317. The Morgan fingerprint density at radius 2 is 1.87 bits per heavy atom. The number of carbonyl (C=O) groups excluding carboxylic acids is 1. The molecule has 2 aromatic carbocycles. The Kier molecular flexibility index (Phi) is 6.58. The second-order valence-corrected chi connectivity index (χ2v) is 8.08. The van der Waals surface area contributed by atoms with Gasteiger partial charge in [0.2, 0.25) is 0 Å². The molecule has 0 aliphatic carbocycles. The van der Waals surface area contributed by atoms with E-state index in [2.05, 4.69) is 10.2 Å². The second kappa shape index (κ2) is 9.53. The molecule has 0 bridgehead atoms. The summed E-state index contributed by atoms with van der Waals surface area (Å²) in [7, 11) is 0. The number of nitrogens with one attached hydrogen (secondary N) is 1. The third-order valence-corrected chi connectivity index (χ3v) is 6.09. The van der Waals surface area contributed by atoms with Crippen LogP contribution in [0.25, 0.3) is 10.1 Å². The van der Waals surface area contributed by atoms with E-state index in [0.29, 0.717) is 53.9 Å². The molecule has 1 aliphatic heterocycles. The Bertz CT molecular complexity index is 1080. The molecule has 1 saturated heterocycles. The summed E-state index contributed by atoms with van der Waals surface area (Å²) in [5.41, 5.74) is 1.43. The summed E-state index contributed by atoms with van der Waals surface area (Å²) in [5.74, 6) is 0.582. The minimum Gasteiger partial charge on any atom is -0.492 e. The van der Waals surface area contributed by atoms with Gasteiger partial charge in [0, 0.05) is 35.3 Å². The quantitative estimate of drug-likeness (QED) is 0.560. The molecule has 0 unspecified atom stereocenters. The van der Waals surface area contributed by atoms with Crippen molar-refractivity contribution in [1.29, 1.82) is 0 Å². The van der Waals surface area contributed by atoms with Gasteiger partial charge in [-0.15, -0.1) is 11.3 Å². The van der Waals surface area contributed by atoms with Gasteiger partial charge in [-0.1, -0.05) is 6.07 Å². The van der Waals surface area contributed by atoms with Crippen LogP contribution < -0.4 is 19.7 Å². The molecule has 31 heavy (non-hydrogen) atoms. The van der Waals surface area contributed by atoms with Crippen molar-refractivity contribution in [2.45, 2.75) is 13.8 Å². The number of rotatable bonds is 7. The van der Waals surface area contributed by atoms with Gasteiger partial charge in [-0.3, -0.25) is 4.79 Å². The molecule has 8 heteroatoms. The lowest BCUT2D eigenvalue weighted by molar-refractivity contribution is 0.103. The number of carbonyl (C=O) groups is 1. The van der Waals surface area contributed by atoms with Gasteiger partial charge in [-0.2, -0.15) is 0 Å². The maximum Gasteiger partial charge on any atom is 0.265 e. The number of hydrogen-bond donors (Lipinski definition) is 1. The molecule has 1 amide bonds. The lowest BCUT2D eigenvalue weighted by Gasteiger charge is -2.31. The Morgan fingerprint density at radius 3 is 2.58 bits per heavy atom. The maximum absolute atomic E-state index is 14.0. The number of benzene rings is 2. The molecule has 1 aliphatic rings. The summed E-state index contributed by atoms with van der Waals surface area (Å²) < 4.78 is 31.9. The lowest BCUT2D eigenvalue weighted by atomic mass is 10.2. The van der Waals surface area contributed by atoms with Gasteiger partial charge in [-0.25, -0.2) is 4.39 Å². The number of thiophene rings is 1. The highest BCUT2D eigenvalue weighted by molar-refractivity contribution is 7.20. The Hall–Kier alpha value is -2.84. The van der Waals surface area contributed by atoms with E-state index in [1.54, 1.807) is 24.3 Å². The first kappa shape index (κ1) is 21.4. The van der Waals surface area contributed by atoms with Gasteiger partial charge in [0.25, 0.3) is 5.91 Å². The van der Waals surface area contributed by atoms with Crippen LogP contribution in [0.4, 0.5) is 15.8 Å². The van der Waals surface area contributed by atoms with Crippen LogP contribution in [0.3, 0.4) is 0 Å². The van der Waals surface area contributed by atoms with E-state index >= 15 is 0 Å². The van der Waals surface area contributed by atoms with Crippen molar-refractivity contribution in [3.05, 3.63) is 47.1 Å². The van der Waals surface area contributed by atoms with Gasteiger partial charge in [0.05, 0.1) is 42.7 Å². The highest BCUT2D eigenvalue weighted by Gasteiger charge is 2.21. The predicted octanol–water partition coefficient (Wildman–Crippen LogP) is 4.93. The first-order chi connectivity index (χ1) is 15.1. The molecule has 1 fully saturated rings. The SMILES string of the molecule is CCOc1cc(N2CCOCC2)c(OCC)cc1NC(=O)c1cc2c(F)cccc2s1. The molecule has 3 aromatic rings. The molecule has 6 nitrogen and oxygen atoms in total. The van der Waals surface area contributed by atoms with Crippen molar-refractivity contribution in [2.24, 2.45) is 0 Å². The highest BCUT2D eigenvalue weighted by atomic mass is 32.1. The second-order valence-electron chi connectivity index (χ2n) is 7.00. The number of halogens is 1. The molecule has 0 saturated carbocycles. The average Bonchev–Trinajstić information content (AvgIpc) is 3.22. The van der Waals surface area contributed by atoms with Gasteiger partial charge in [0.1, 0.15) is 17.3 Å². The minimum atomic E-state index is -0.337. The zero-order valence-corrected chi connectivity index (χ0v) is 18.4. The van der Waals surface area contributed by atoms with E-state index in [9.17, 15) is 9.18 Å². The van der Waals surface area contributed by atoms with E-state index in [0.717, 1.165) is 23.5 Å². The topological polar surface area (TPSA) is 60.0 Å². The number of ether oxygens (including phenoxy) is 3. The van der Waals surface area contributed by atoms with Crippen LogP contribution in [0.15, 0.2) is 36.4 Å². The molecule has 1 aromatic heterocycles. The number of anilines is 2. The van der Waals surface area contributed by atoms with Crippen molar-refractivity contribution < 1.29 is 23.4 Å². The van der Waals surface area contributed by atoms with E-state index in [1.807, 2.05) is 19.9 Å². The molecular formula is C23H25FN2O4S. The van der Waals surface area contributed by atoms with Gasteiger partial charge >= 0.3 is 0 Å². The van der Waals surface area contributed by atoms with Crippen LogP contribution in [-0.2, 0) is 4.74 Å². The van der Waals surface area contributed by atoms with Crippen molar-refractivity contribution in [3.63, 3.8) is 0 Å². The first-order valence-electron chi connectivity index (χ1n) is 10.4. The molecule has 0 spiro atoms. The van der Waals surface area contributed by atoms with E-state index in [1.165, 1.54) is 17.4 Å². The smallest absolute Gasteiger partial charge is 0.265 e. The molecule has 4 rings (SSSR count). The highest BCUT2D eigenvalue weighted by Crippen LogP contribution is 2.40. The number of amides is 1. The average molecular weight is 445 g/mol. The maximum atomic E-state index is 14.0. The van der Waals surface area contributed by atoms with Crippen LogP contribution in [0.5, 0.6) is 11.5 Å². The fourth-order valence-corrected chi connectivity index (χ4v) is 4.54. The molecule has 1 N–H and O–H groups in total. The van der Waals surface area contributed by atoms with Crippen LogP contribution in [0, 0.1) is 5.82 Å². The van der Waals surface area contributed by atoms with Crippen molar-refractivity contribution in [3.8, 4) is 11.5 Å². The summed E-state index contributed by atoms with van der Waals surface area (Å²) in [6.07, 6.45) is 0. The number of hydrogen-bond acceptors (Lipinski definition) is 6. The van der Waals surface area contributed by atoms with Crippen molar-refractivity contribution >= 4 is 38.7 Å². The van der Waals surface area contributed by atoms with Crippen molar-refractivity contribution in [2.75, 3.05) is 49.7 Å². The monoisotopic (exact) mass is 444 g/mol. The summed E-state index contributed by atoms with van der Waals surface area (Å²) >= 11 is 1.25. The van der Waals surface area contributed by atoms with Crippen LogP contribution in [-0.4, -0.2) is 45.4 Å². The largest absolute Gasteiger partial charge is 0.492 e. The van der Waals surface area contributed by atoms with Crippen LogP contribution >= 0.6 is 11.3 Å². The normalized spacial score (nSPS) is 14.0. The van der Waals surface area contributed by atoms with E-state index in [-0.39, 0.29) is 11.7 Å². The summed E-state index contributed by atoms with van der Waals surface area (Å²) in [4.78, 5) is 15.6. The third-order valence-electron chi connectivity index (χ3n) is 4.99. The zero-order valence-electron chi connectivity index (χ0n) is 17.6. The Morgan fingerprint density at radius 1 is 1.13 bits per heavy atom. The van der Waals surface area contributed by atoms with E-state index in [4.69, 9.17) is 14.2 Å². The van der Waals surface area contributed by atoms with Gasteiger partial charge < -0.3 is 24.4 Å². The van der Waals surface area contributed by atoms with Gasteiger partial charge in [-0.05, 0) is 32.0 Å². The zero-order chi connectivity index (χ0) is 21.8. The fourth-order valence-electron chi connectivity index (χ4n) is 3.57. The lowest BCUT2D eigenvalue weighted by Crippen LogP contribution is -2.36. The summed E-state index contributed by atoms with van der Waals surface area (Å²) in [6.45, 7) is 7.57. The van der Waals surface area contributed by atoms with E-state index < -0.39 is 0 Å². The third kappa shape index (κ3) is 4.60. The first-order valence-corrected chi connectivity index (χ1v) is 11.2. The predicted molar refractivity (Wildman–Crippen MR) is 122 cm³/mol. The summed E-state index contributed by atoms with van der Waals surface area (Å²) in [6, 6.07) is 10.1. The van der Waals surface area contributed by atoms with Gasteiger partial charge in [0.15, 0.2) is 0 Å². The molecule has 164 valence electrons. The van der Waals surface area contributed by atoms with Crippen LogP contribution in [0.2, 0.25) is 0 Å². The number of fused-ring (bicyclic) bond motifs is 1. The molecular weight excluding hydrogens is 419 g/mol. The van der Waals surface area contributed by atoms with Crippen molar-refractivity contribution in [1.82, 2.24) is 0 Å². The standard InChI is InChI=1S/C23H25FN2O4S/c1-3-29-19-14-18(26-8-10-28-11-9-26)20(30-4-2)13-17(19)25-23(27)22-12-15-16(24)6-5-7-21(15)31-22/h5-7,12-14H,3-4,8-11H2,1-2H3,(H,25,27).